The molecule has 1 atom stereocenters. The summed E-state index contributed by atoms with van der Waals surface area (Å²) >= 11 is 2.29. The van der Waals surface area contributed by atoms with Gasteiger partial charge in [0.1, 0.15) is 3.70 Å². The summed E-state index contributed by atoms with van der Waals surface area (Å²) in [6, 6.07) is 21.1. The summed E-state index contributed by atoms with van der Waals surface area (Å²) in [5.74, 6) is 0.404. The average molecular weight is 563 g/mol. The van der Waals surface area contributed by atoms with E-state index in [0.29, 0.717) is 12.5 Å². The molecule has 1 heterocycles. The van der Waals surface area contributed by atoms with E-state index in [1.165, 1.54) is 15.9 Å². The van der Waals surface area contributed by atoms with Crippen LogP contribution in [0, 0.1) is 10.6 Å². The minimum absolute atomic E-state index is 0.114. The Morgan fingerprint density at radius 2 is 1.50 bits per heavy atom. The fourth-order valence-electron chi connectivity index (χ4n) is 4.59. The van der Waals surface area contributed by atoms with Gasteiger partial charge >= 0.3 is 0 Å². The lowest BCUT2D eigenvalue weighted by molar-refractivity contribution is 0.0841. The number of aromatic nitrogens is 2. The molecule has 0 aliphatic carbocycles. The monoisotopic (exact) mass is 562 g/mol. The average Bonchev–Trinajstić information content (AvgIpc) is 3.02. The molecule has 6 heteroatoms. The highest BCUT2D eigenvalue weighted by Crippen LogP contribution is 2.36. The molecule has 0 spiro atoms. The smallest absolute Gasteiger partial charge is 0.261 e. The maximum absolute atomic E-state index is 11.0. The van der Waals surface area contributed by atoms with E-state index < -0.39 is 14.4 Å². The van der Waals surface area contributed by atoms with Gasteiger partial charge < -0.3 is 9.53 Å². The Bertz CT molecular complexity index is 974. The molecule has 3 aromatic rings. The summed E-state index contributed by atoms with van der Waals surface area (Å²) in [5, 5.41) is 18.0. The maximum atomic E-state index is 11.0. The topological polar surface area (TPSA) is 47.3 Å². The number of rotatable bonds is 8. The first-order valence-corrected chi connectivity index (χ1v) is 14.2. The molecule has 0 aliphatic rings. The molecule has 0 radical (unpaired) electrons. The van der Waals surface area contributed by atoms with Crippen molar-refractivity contribution in [3.8, 4) is 0 Å². The zero-order chi connectivity index (χ0) is 23.5. The van der Waals surface area contributed by atoms with Crippen molar-refractivity contribution < 1.29 is 9.53 Å². The predicted molar refractivity (Wildman–Crippen MR) is 143 cm³/mol. The number of benzene rings is 2. The highest BCUT2D eigenvalue weighted by Gasteiger charge is 2.50. The van der Waals surface area contributed by atoms with Gasteiger partial charge in [0.15, 0.2) is 0 Å². The third-order valence-electron chi connectivity index (χ3n) is 6.08. The van der Waals surface area contributed by atoms with Gasteiger partial charge in [0.2, 0.25) is 0 Å². The van der Waals surface area contributed by atoms with Crippen molar-refractivity contribution in [3.63, 3.8) is 0 Å². The number of aliphatic hydroxyl groups excluding tert-OH is 1. The lowest BCUT2D eigenvalue weighted by Crippen LogP contribution is -2.67. The van der Waals surface area contributed by atoms with Crippen molar-refractivity contribution in [3.05, 3.63) is 75.6 Å². The summed E-state index contributed by atoms with van der Waals surface area (Å²) < 4.78 is 9.81. The van der Waals surface area contributed by atoms with Crippen LogP contribution in [-0.2, 0) is 11.0 Å². The van der Waals surface area contributed by atoms with Gasteiger partial charge in [0.05, 0.1) is 19.3 Å². The minimum atomic E-state index is -2.66. The van der Waals surface area contributed by atoms with Crippen LogP contribution in [0.15, 0.2) is 60.7 Å². The molecule has 0 aliphatic heterocycles. The lowest BCUT2D eigenvalue weighted by Gasteiger charge is -2.43. The molecular formula is C26H35IN2O2Si. The van der Waals surface area contributed by atoms with Crippen LogP contribution < -0.4 is 10.4 Å². The van der Waals surface area contributed by atoms with Crippen LogP contribution in [0.2, 0.25) is 5.04 Å². The van der Waals surface area contributed by atoms with Gasteiger partial charge in [-0.25, -0.2) is 0 Å². The van der Waals surface area contributed by atoms with E-state index in [1.807, 2.05) is 16.8 Å². The number of hydrogen-bond acceptors (Lipinski definition) is 3. The lowest BCUT2D eigenvalue weighted by atomic mass is 10.1. The summed E-state index contributed by atoms with van der Waals surface area (Å²) in [7, 11) is -2.66. The van der Waals surface area contributed by atoms with Crippen LogP contribution in [0.25, 0.3) is 0 Å². The van der Waals surface area contributed by atoms with Gasteiger partial charge in [-0.1, -0.05) is 95.3 Å². The molecule has 2 aromatic carbocycles. The van der Waals surface area contributed by atoms with Gasteiger partial charge in [-0.05, 0) is 50.8 Å². The predicted octanol–water partition coefficient (Wildman–Crippen LogP) is 4.86. The Labute approximate surface area is 207 Å². The highest BCUT2D eigenvalue weighted by atomic mass is 127. The Morgan fingerprint density at radius 1 is 1.00 bits per heavy atom. The fraction of sp³-hybridized carbons (Fsp3) is 0.423. The maximum Gasteiger partial charge on any atom is 0.261 e. The molecule has 1 N–H and O–H groups in total. The van der Waals surface area contributed by atoms with Crippen molar-refractivity contribution in [2.45, 2.75) is 65.1 Å². The third kappa shape index (κ3) is 5.03. The molecule has 0 fully saturated rings. The zero-order valence-corrected chi connectivity index (χ0v) is 23.1. The first-order valence-electron chi connectivity index (χ1n) is 11.2. The Kier molecular flexibility index (Phi) is 8.01. The van der Waals surface area contributed by atoms with Crippen LogP contribution in [0.1, 0.15) is 51.8 Å². The van der Waals surface area contributed by atoms with E-state index in [2.05, 4.69) is 118 Å². The molecule has 4 nitrogen and oxygen atoms in total. The van der Waals surface area contributed by atoms with Gasteiger partial charge in [-0.2, -0.15) is 5.10 Å². The molecule has 0 saturated heterocycles. The second-order valence-electron chi connectivity index (χ2n) is 9.75. The fourth-order valence-corrected chi connectivity index (χ4v) is 10.5. The van der Waals surface area contributed by atoms with E-state index in [9.17, 15) is 5.11 Å². The van der Waals surface area contributed by atoms with Crippen LogP contribution in [-0.4, -0.2) is 35.9 Å². The number of hydrogen-bond donors (Lipinski definition) is 1. The second kappa shape index (κ2) is 10.2. The minimum Gasteiger partial charge on any atom is -0.405 e. The van der Waals surface area contributed by atoms with E-state index in [4.69, 9.17) is 4.43 Å². The normalized spacial score (nSPS) is 13.5. The number of halogens is 1. The molecule has 172 valence electrons. The van der Waals surface area contributed by atoms with Crippen LogP contribution in [0.3, 0.4) is 0 Å². The van der Waals surface area contributed by atoms with Crippen LogP contribution in [0.5, 0.6) is 0 Å². The van der Waals surface area contributed by atoms with E-state index in [1.54, 1.807) is 0 Å². The Morgan fingerprint density at radius 3 is 1.91 bits per heavy atom. The van der Waals surface area contributed by atoms with Crippen molar-refractivity contribution in [1.82, 2.24) is 9.78 Å². The second-order valence-corrected chi connectivity index (χ2v) is 15.1. The molecule has 0 saturated carbocycles. The number of aliphatic hydroxyl groups is 1. The van der Waals surface area contributed by atoms with E-state index in [0.717, 1.165) is 9.39 Å². The molecule has 3 rings (SSSR count). The standard InChI is InChI=1S/C26H35IN2O2Si/c1-19(2)24-20(3)29(28-25(24)27)17-21(30)18-31-32(26(4,5)6,22-13-9-7-10-14-22)23-15-11-8-12-16-23/h7-16,19,21,30H,17-18H2,1-6H3. The SMILES string of the molecule is Cc1c(C(C)C)c(I)nn1CC(O)CO[Si](c1ccccc1)(c1ccccc1)C(C)(C)C. The first kappa shape index (κ1) is 25.1. The molecule has 1 aromatic heterocycles. The third-order valence-corrected chi connectivity index (χ3v) is 11.9. The van der Waals surface area contributed by atoms with E-state index in [-0.39, 0.29) is 11.6 Å². The van der Waals surface area contributed by atoms with Crippen molar-refractivity contribution in [2.24, 2.45) is 0 Å². The molecule has 0 amide bonds. The molecular weight excluding hydrogens is 527 g/mol. The van der Waals surface area contributed by atoms with Gasteiger partial charge in [0.25, 0.3) is 8.32 Å². The van der Waals surface area contributed by atoms with Crippen LogP contribution >= 0.6 is 22.6 Å². The van der Waals surface area contributed by atoms with Crippen molar-refractivity contribution in [2.75, 3.05) is 6.61 Å². The summed E-state index contributed by atoms with van der Waals surface area (Å²) in [4.78, 5) is 0. The number of nitrogens with zero attached hydrogens (tertiary/aromatic N) is 2. The van der Waals surface area contributed by atoms with Crippen molar-refractivity contribution >= 4 is 41.3 Å². The highest BCUT2D eigenvalue weighted by molar-refractivity contribution is 14.1. The van der Waals surface area contributed by atoms with Crippen LogP contribution in [0.4, 0.5) is 0 Å². The summed E-state index contributed by atoms with van der Waals surface area (Å²) in [6.07, 6.45) is -0.647. The van der Waals surface area contributed by atoms with Gasteiger partial charge in [-0.15, -0.1) is 0 Å². The first-order chi connectivity index (χ1) is 15.1. The quantitative estimate of drug-likeness (QED) is 0.315. The largest absolute Gasteiger partial charge is 0.405 e. The van der Waals surface area contributed by atoms with Crippen molar-refractivity contribution in [1.29, 1.82) is 0 Å². The molecule has 32 heavy (non-hydrogen) atoms. The Balaban J connectivity index is 1.92. The van der Waals surface area contributed by atoms with Gasteiger partial charge in [-0.3, -0.25) is 4.68 Å². The van der Waals surface area contributed by atoms with Gasteiger partial charge in [0, 0.05) is 11.3 Å². The van der Waals surface area contributed by atoms with E-state index >= 15 is 0 Å². The molecule has 1 unspecified atom stereocenters. The summed E-state index contributed by atoms with van der Waals surface area (Å²) in [6.45, 7) is 13.9. The summed E-state index contributed by atoms with van der Waals surface area (Å²) in [5.41, 5.74) is 2.37. The Hall–Kier alpha value is -1.48. The zero-order valence-electron chi connectivity index (χ0n) is 20.0. The molecule has 0 bridgehead atoms.